The van der Waals surface area contributed by atoms with Crippen LogP contribution in [0.25, 0.3) is 0 Å². The topological polar surface area (TPSA) is 27.6 Å². The number of nitrogens with one attached hydrogen (secondary N) is 1. The van der Waals surface area contributed by atoms with Crippen molar-refractivity contribution in [3.8, 4) is 12.3 Å². The highest BCUT2D eigenvalue weighted by molar-refractivity contribution is 5.79. The molecule has 1 N–H and O–H groups in total. The van der Waals surface area contributed by atoms with Gasteiger partial charge in [0.1, 0.15) is 0 Å². The van der Waals surface area contributed by atoms with Gasteiger partial charge in [-0.25, -0.2) is 0 Å². The zero-order chi connectivity index (χ0) is 12.7. The van der Waals surface area contributed by atoms with Crippen molar-refractivity contribution in [2.75, 3.05) is 20.6 Å². The van der Waals surface area contributed by atoms with Gasteiger partial charge >= 0.3 is 0 Å². The Bertz CT molecular complexity index is 412. The Kier molecular flexibility index (Phi) is 5.09. The number of aryl methyl sites for hydroxylation is 1. The molecule has 0 saturated heterocycles. The number of hydrogen-bond acceptors (Lipinski definition) is 1. The molecule has 0 aliphatic carbocycles. The summed E-state index contributed by atoms with van der Waals surface area (Å²) in [4.78, 5) is 6.22. The van der Waals surface area contributed by atoms with Crippen molar-refractivity contribution >= 4 is 5.96 Å². The van der Waals surface area contributed by atoms with Crippen molar-refractivity contribution in [1.82, 2.24) is 10.2 Å². The maximum absolute atomic E-state index is 5.21. The van der Waals surface area contributed by atoms with E-state index in [1.165, 1.54) is 11.1 Å². The van der Waals surface area contributed by atoms with Gasteiger partial charge < -0.3 is 10.2 Å². The summed E-state index contributed by atoms with van der Waals surface area (Å²) in [6, 6.07) is 8.47. The van der Waals surface area contributed by atoms with Crippen molar-refractivity contribution < 1.29 is 0 Å². The Labute approximate surface area is 104 Å². The van der Waals surface area contributed by atoms with Gasteiger partial charge in [0.2, 0.25) is 0 Å². The minimum Gasteiger partial charge on any atom is -0.345 e. The maximum atomic E-state index is 5.21. The van der Waals surface area contributed by atoms with Crippen LogP contribution in [0, 0.1) is 19.3 Å². The third-order valence-electron chi connectivity index (χ3n) is 2.46. The molecule has 0 unspecified atom stereocenters. The first kappa shape index (κ1) is 13.1. The fourth-order valence-corrected chi connectivity index (χ4v) is 1.56. The number of benzene rings is 1. The summed E-state index contributed by atoms with van der Waals surface area (Å²) in [5.41, 5.74) is 2.52. The number of guanidine groups is 1. The first-order chi connectivity index (χ1) is 8.17. The minimum absolute atomic E-state index is 0.491. The summed E-state index contributed by atoms with van der Waals surface area (Å²) in [5, 5.41) is 3.09. The molecule has 0 saturated carbocycles. The molecule has 1 aromatic rings. The van der Waals surface area contributed by atoms with Gasteiger partial charge in [-0.1, -0.05) is 35.7 Å². The lowest BCUT2D eigenvalue weighted by atomic mass is 10.1. The van der Waals surface area contributed by atoms with E-state index in [9.17, 15) is 0 Å². The number of aliphatic imine (C=N–C) groups is 1. The fourth-order valence-electron chi connectivity index (χ4n) is 1.56. The smallest absolute Gasteiger partial charge is 0.194 e. The zero-order valence-electron chi connectivity index (χ0n) is 10.7. The standard InChI is InChI=1S/C14H19N3/c1-5-10-16-14(15-3)17(4)11-13-8-6-12(2)7-9-13/h1,6-9H,10-11H2,2-4H3,(H,15,16). The van der Waals surface area contributed by atoms with Crippen LogP contribution in [0.4, 0.5) is 0 Å². The van der Waals surface area contributed by atoms with E-state index in [4.69, 9.17) is 6.42 Å². The molecule has 0 amide bonds. The van der Waals surface area contributed by atoms with Crippen molar-refractivity contribution in [1.29, 1.82) is 0 Å². The molecule has 3 heteroatoms. The van der Waals surface area contributed by atoms with Crippen molar-refractivity contribution in [3.63, 3.8) is 0 Å². The molecule has 3 nitrogen and oxygen atoms in total. The second kappa shape index (κ2) is 6.59. The normalized spacial score (nSPS) is 10.8. The SMILES string of the molecule is C#CCNC(=NC)N(C)Cc1ccc(C)cc1. The summed E-state index contributed by atoms with van der Waals surface area (Å²) in [6.45, 7) is 3.39. The molecular formula is C14H19N3. The highest BCUT2D eigenvalue weighted by Crippen LogP contribution is 2.05. The molecule has 0 bridgehead atoms. The molecule has 1 aromatic carbocycles. The molecule has 0 fully saturated rings. The fraction of sp³-hybridized carbons (Fsp3) is 0.357. The summed E-state index contributed by atoms with van der Waals surface area (Å²) < 4.78 is 0. The molecule has 0 aliphatic heterocycles. The predicted molar refractivity (Wildman–Crippen MR) is 72.8 cm³/mol. The van der Waals surface area contributed by atoms with Crippen LogP contribution >= 0.6 is 0 Å². The van der Waals surface area contributed by atoms with Crippen LogP contribution in [0.2, 0.25) is 0 Å². The molecule has 0 radical (unpaired) electrons. The Morgan fingerprint density at radius 1 is 1.41 bits per heavy atom. The molecule has 0 heterocycles. The zero-order valence-corrected chi connectivity index (χ0v) is 10.7. The van der Waals surface area contributed by atoms with Crippen LogP contribution in [0.5, 0.6) is 0 Å². The highest BCUT2D eigenvalue weighted by Gasteiger charge is 2.05. The van der Waals surface area contributed by atoms with Crippen molar-refractivity contribution in [2.45, 2.75) is 13.5 Å². The van der Waals surface area contributed by atoms with Gasteiger partial charge in [-0.3, -0.25) is 4.99 Å². The van der Waals surface area contributed by atoms with Gasteiger partial charge in [0.05, 0.1) is 6.54 Å². The number of rotatable bonds is 3. The van der Waals surface area contributed by atoms with Gasteiger partial charge in [-0.2, -0.15) is 0 Å². The lowest BCUT2D eigenvalue weighted by molar-refractivity contribution is 0.481. The molecule has 17 heavy (non-hydrogen) atoms. The Morgan fingerprint density at radius 2 is 2.06 bits per heavy atom. The van der Waals surface area contributed by atoms with Gasteiger partial charge in [0, 0.05) is 20.6 Å². The van der Waals surface area contributed by atoms with E-state index < -0.39 is 0 Å². The largest absolute Gasteiger partial charge is 0.345 e. The average Bonchev–Trinajstić information content (AvgIpc) is 2.33. The molecule has 0 aliphatic rings. The van der Waals surface area contributed by atoms with Crippen molar-refractivity contribution in [3.05, 3.63) is 35.4 Å². The van der Waals surface area contributed by atoms with E-state index >= 15 is 0 Å². The van der Waals surface area contributed by atoms with E-state index in [1.54, 1.807) is 7.05 Å². The second-order valence-electron chi connectivity index (χ2n) is 3.95. The summed E-state index contributed by atoms with van der Waals surface area (Å²) in [5.74, 6) is 3.35. The lowest BCUT2D eigenvalue weighted by Gasteiger charge is -2.21. The van der Waals surface area contributed by atoms with E-state index in [0.717, 1.165) is 12.5 Å². The van der Waals surface area contributed by atoms with E-state index in [1.807, 2.05) is 11.9 Å². The summed E-state index contributed by atoms with van der Waals surface area (Å²) >= 11 is 0. The van der Waals surface area contributed by atoms with Crippen LogP contribution < -0.4 is 5.32 Å². The Hall–Kier alpha value is -1.95. The van der Waals surface area contributed by atoms with E-state index in [-0.39, 0.29) is 0 Å². The first-order valence-electron chi connectivity index (χ1n) is 5.58. The minimum atomic E-state index is 0.491. The molecule has 0 atom stereocenters. The van der Waals surface area contributed by atoms with Crippen LogP contribution in [0.15, 0.2) is 29.3 Å². The van der Waals surface area contributed by atoms with Gasteiger partial charge in [-0.05, 0) is 12.5 Å². The summed E-state index contributed by atoms with van der Waals surface area (Å²) in [6.07, 6.45) is 5.21. The lowest BCUT2D eigenvalue weighted by Crippen LogP contribution is -2.38. The molecule has 1 rings (SSSR count). The van der Waals surface area contributed by atoms with Crippen LogP contribution in [0.1, 0.15) is 11.1 Å². The van der Waals surface area contributed by atoms with Crippen LogP contribution in [-0.2, 0) is 6.54 Å². The number of nitrogens with zero attached hydrogens (tertiary/aromatic N) is 2. The molecule has 0 aromatic heterocycles. The second-order valence-corrected chi connectivity index (χ2v) is 3.95. The number of hydrogen-bond donors (Lipinski definition) is 1. The highest BCUT2D eigenvalue weighted by atomic mass is 15.3. The van der Waals surface area contributed by atoms with Gasteiger partial charge in [-0.15, -0.1) is 6.42 Å². The van der Waals surface area contributed by atoms with Crippen LogP contribution in [-0.4, -0.2) is 31.5 Å². The van der Waals surface area contributed by atoms with Crippen LogP contribution in [0.3, 0.4) is 0 Å². The monoisotopic (exact) mass is 229 g/mol. The average molecular weight is 229 g/mol. The maximum Gasteiger partial charge on any atom is 0.194 e. The van der Waals surface area contributed by atoms with E-state index in [0.29, 0.717) is 6.54 Å². The van der Waals surface area contributed by atoms with E-state index in [2.05, 4.69) is 47.4 Å². The van der Waals surface area contributed by atoms with Crippen molar-refractivity contribution in [2.24, 2.45) is 4.99 Å². The third-order valence-corrected chi connectivity index (χ3v) is 2.46. The Morgan fingerprint density at radius 3 is 2.59 bits per heavy atom. The van der Waals surface area contributed by atoms with Gasteiger partial charge in [0.25, 0.3) is 0 Å². The summed E-state index contributed by atoms with van der Waals surface area (Å²) in [7, 11) is 3.75. The third kappa shape index (κ3) is 4.20. The molecular weight excluding hydrogens is 210 g/mol. The quantitative estimate of drug-likeness (QED) is 0.485. The Balaban J connectivity index is 2.61. The van der Waals surface area contributed by atoms with Gasteiger partial charge in [0.15, 0.2) is 5.96 Å². The molecule has 0 spiro atoms. The predicted octanol–water partition coefficient (Wildman–Crippen LogP) is 1.64. The molecule has 90 valence electrons. The number of terminal acetylenes is 1. The first-order valence-corrected chi connectivity index (χ1v) is 5.58.